The molecule has 0 amide bonds. The van der Waals surface area contributed by atoms with Crippen LogP contribution < -0.4 is 10.6 Å². The largest absolute Gasteiger partial charge is 0.385 e. The minimum absolute atomic E-state index is 0. The monoisotopic (exact) mass is 441 g/mol. The van der Waals surface area contributed by atoms with Crippen molar-refractivity contribution in [2.75, 3.05) is 33.4 Å². The SMILES string of the molecule is CCNC(=NCCCOC)NCCc1ccc2ccccc2c1.I. The molecule has 0 spiro atoms. The van der Waals surface area contributed by atoms with Crippen LogP contribution in [0.25, 0.3) is 10.8 Å². The van der Waals surface area contributed by atoms with E-state index in [2.05, 4.69) is 65.0 Å². The molecule has 4 nitrogen and oxygen atoms in total. The average Bonchev–Trinajstić information content (AvgIpc) is 2.58. The number of methoxy groups -OCH3 is 1. The van der Waals surface area contributed by atoms with Crippen LogP contribution in [0.4, 0.5) is 0 Å². The molecule has 5 heteroatoms. The Kier molecular flexibility index (Phi) is 10.4. The summed E-state index contributed by atoms with van der Waals surface area (Å²) in [6.45, 7) is 5.34. The van der Waals surface area contributed by atoms with Crippen molar-refractivity contribution >= 4 is 40.7 Å². The number of guanidine groups is 1. The van der Waals surface area contributed by atoms with Gasteiger partial charge in [0.1, 0.15) is 0 Å². The lowest BCUT2D eigenvalue weighted by atomic mass is 10.1. The van der Waals surface area contributed by atoms with E-state index in [9.17, 15) is 0 Å². The predicted octanol–water partition coefficient (Wildman–Crippen LogP) is 3.59. The van der Waals surface area contributed by atoms with Gasteiger partial charge >= 0.3 is 0 Å². The van der Waals surface area contributed by atoms with Crippen molar-refractivity contribution in [2.24, 2.45) is 4.99 Å². The predicted molar refractivity (Wildman–Crippen MR) is 114 cm³/mol. The maximum atomic E-state index is 5.05. The van der Waals surface area contributed by atoms with Crippen LogP contribution in [0.15, 0.2) is 47.5 Å². The van der Waals surface area contributed by atoms with Crippen molar-refractivity contribution in [3.63, 3.8) is 0 Å². The number of nitrogens with one attached hydrogen (secondary N) is 2. The summed E-state index contributed by atoms with van der Waals surface area (Å²) >= 11 is 0. The van der Waals surface area contributed by atoms with Gasteiger partial charge in [0.25, 0.3) is 0 Å². The van der Waals surface area contributed by atoms with Gasteiger partial charge in [-0.05, 0) is 36.1 Å². The second-order valence-corrected chi connectivity index (χ2v) is 5.47. The van der Waals surface area contributed by atoms with E-state index in [0.717, 1.165) is 45.0 Å². The van der Waals surface area contributed by atoms with Gasteiger partial charge in [-0.1, -0.05) is 42.5 Å². The molecule has 0 radical (unpaired) electrons. The maximum absolute atomic E-state index is 5.05. The standard InChI is InChI=1S/C19H27N3O.HI/c1-3-20-19(21-12-6-14-23-2)22-13-11-16-9-10-17-7-4-5-8-18(17)15-16;/h4-5,7-10,15H,3,6,11-14H2,1-2H3,(H2,20,21,22);1H. The first-order chi connectivity index (χ1) is 11.3. The molecule has 2 aromatic carbocycles. The van der Waals surface area contributed by atoms with Gasteiger partial charge in [0.15, 0.2) is 5.96 Å². The molecule has 0 fully saturated rings. The molecule has 2 rings (SSSR count). The van der Waals surface area contributed by atoms with Gasteiger partial charge in [-0.3, -0.25) is 4.99 Å². The molecular formula is C19H28IN3O. The van der Waals surface area contributed by atoms with E-state index in [1.54, 1.807) is 7.11 Å². The molecule has 0 aliphatic heterocycles. The van der Waals surface area contributed by atoms with Crippen molar-refractivity contribution < 1.29 is 4.74 Å². The summed E-state index contributed by atoms with van der Waals surface area (Å²) < 4.78 is 5.05. The molecule has 0 heterocycles. The number of hydrogen-bond donors (Lipinski definition) is 2. The Balaban J connectivity index is 0.00000288. The highest BCUT2D eigenvalue weighted by Gasteiger charge is 1.99. The minimum atomic E-state index is 0. The molecule has 0 bridgehead atoms. The van der Waals surface area contributed by atoms with Crippen LogP contribution in [0.1, 0.15) is 18.9 Å². The average molecular weight is 441 g/mol. The Hall–Kier alpha value is -1.34. The van der Waals surface area contributed by atoms with Crippen LogP contribution in [0.3, 0.4) is 0 Å². The molecule has 0 aliphatic rings. The van der Waals surface area contributed by atoms with Crippen LogP contribution in [0.2, 0.25) is 0 Å². The van der Waals surface area contributed by atoms with E-state index in [1.165, 1.54) is 16.3 Å². The van der Waals surface area contributed by atoms with E-state index < -0.39 is 0 Å². The fourth-order valence-corrected chi connectivity index (χ4v) is 2.46. The number of nitrogens with zero attached hydrogens (tertiary/aromatic N) is 1. The first-order valence-corrected chi connectivity index (χ1v) is 8.32. The fraction of sp³-hybridized carbons (Fsp3) is 0.421. The van der Waals surface area contributed by atoms with Crippen molar-refractivity contribution in [3.8, 4) is 0 Å². The topological polar surface area (TPSA) is 45.7 Å². The zero-order chi connectivity index (χ0) is 16.3. The number of halogens is 1. The van der Waals surface area contributed by atoms with Gasteiger partial charge < -0.3 is 15.4 Å². The number of rotatable bonds is 8. The molecule has 2 aromatic rings. The van der Waals surface area contributed by atoms with E-state index in [-0.39, 0.29) is 24.0 Å². The third kappa shape index (κ3) is 7.05. The van der Waals surface area contributed by atoms with Gasteiger partial charge in [0.05, 0.1) is 0 Å². The Morgan fingerprint density at radius 3 is 2.62 bits per heavy atom. The second kappa shape index (κ2) is 12.1. The van der Waals surface area contributed by atoms with Gasteiger partial charge in [-0.15, -0.1) is 24.0 Å². The second-order valence-electron chi connectivity index (χ2n) is 5.47. The summed E-state index contributed by atoms with van der Waals surface area (Å²) in [4.78, 5) is 4.55. The number of ether oxygens (including phenoxy) is 1. The van der Waals surface area contributed by atoms with E-state index in [1.807, 2.05) is 0 Å². The Bertz CT molecular complexity index is 631. The molecule has 0 saturated heterocycles. The van der Waals surface area contributed by atoms with E-state index in [0.29, 0.717) is 0 Å². The van der Waals surface area contributed by atoms with Crippen LogP contribution in [0, 0.1) is 0 Å². The van der Waals surface area contributed by atoms with Crippen LogP contribution in [-0.2, 0) is 11.2 Å². The lowest BCUT2D eigenvalue weighted by Crippen LogP contribution is -2.38. The normalized spacial score (nSPS) is 11.2. The fourth-order valence-electron chi connectivity index (χ4n) is 2.46. The maximum Gasteiger partial charge on any atom is 0.191 e. The van der Waals surface area contributed by atoms with Crippen molar-refractivity contribution in [1.82, 2.24) is 10.6 Å². The molecule has 24 heavy (non-hydrogen) atoms. The number of aliphatic imine (C=N–C) groups is 1. The molecule has 0 atom stereocenters. The highest BCUT2D eigenvalue weighted by atomic mass is 127. The first-order valence-electron chi connectivity index (χ1n) is 8.32. The molecule has 0 unspecified atom stereocenters. The summed E-state index contributed by atoms with van der Waals surface area (Å²) in [5, 5.41) is 9.25. The highest BCUT2D eigenvalue weighted by molar-refractivity contribution is 14.0. The molecule has 132 valence electrons. The van der Waals surface area contributed by atoms with Gasteiger partial charge in [-0.2, -0.15) is 0 Å². The van der Waals surface area contributed by atoms with Gasteiger partial charge in [0.2, 0.25) is 0 Å². The van der Waals surface area contributed by atoms with E-state index in [4.69, 9.17) is 4.74 Å². The van der Waals surface area contributed by atoms with Gasteiger partial charge in [-0.25, -0.2) is 0 Å². The summed E-state index contributed by atoms with van der Waals surface area (Å²) in [6, 6.07) is 15.1. The minimum Gasteiger partial charge on any atom is -0.385 e. The molecule has 0 aromatic heterocycles. The van der Waals surface area contributed by atoms with Crippen molar-refractivity contribution in [3.05, 3.63) is 48.0 Å². The third-order valence-electron chi connectivity index (χ3n) is 3.64. The quantitative estimate of drug-likeness (QED) is 0.285. The van der Waals surface area contributed by atoms with Crippen molar-refractivity contribution in [1.29, 1.82) is 0 Å². The zero-order valence-electron chi connectivity index (χ0n) is 14.5. The third-order valence-corrected chi connectivity index (χ3v) is 3.64. The number of hydrogen-bond acceptors (Lipinski definition) is 2. The number of benzene rings is 2. The van der Waals surface area contributed by atoms with Crippen LogP contribution in [-0.4, -0.2) is 39.3 Å². The Labute approximate surface area is 162 Å². The smallest absolute Gasteiger partial charge is 0.191 e. The number of fused-ring (bicyclic) bond motifs is 1. The first kappa shape index (κ1) is 20.7. The molecular weight excluding hydrogens is 413 g/mol. The molecule has 0 saturated carbocycles. The van der Waals surface area contributed by atoms with Crippen LogP contribution >= 0.6 is 24.0 Å². The van der Waals surface area contributed by atoms with Crippen molar-refractivity contribution in [2.45, 2.75) is 19.8 Å². The van der Waals surface area contributed by atoms with E-state index >= 15 is 0 Å². The lowest BCUT2D eigenvalue weighted by Gasteiger charge is -2.11. The molecule has 2 N–H and O–H groups in total. The summed E-state index contributed by atoms with van der Waals surface area (Å²) in [5.74, 6) is 0.879. The highest BCUT2D eigenvalue weighted by Crippen LogP contribution is 2.15. The lowest BCUT2D eigenvalue weighted by molar-refractivity contribution is 0.197. The summed E-state index contributed by atoms with van der Waals surface area (Å²) in [5.41, 5.74) is 1.34. The Morgan fingerprint density at radius 1 is 1.08 bits per heavy atom. The molecule has 0 aliphatic carbocycles. The summed E-state index contributed by atoms with van der Waals surface area (Å²) in [6.07, 6.45) is 1.92. The van der Waals surface area contributed by atoms with Gasteiger partial charge in [0, 0.05) is 33.4 Å². The Morgan fingerprint density at radius 2 is 1.88 bits per heavy atom. The van der Waals surface area contributed by atoms with Crippen LogP contribution in [0.5, 0.6) is 0 Å². The summed E-state index contributed by atoms with van der Waals surface area (Å²) in [7, 11) is 1.72. The zero-order valence-corrected chi connectivity index (χ0v) is 16.9.